The van der Waals surface area contributed by atoms with Crippen molar-refractivity contribution in [1.82, 2.24) is 10.2 Å². The van der Waals surface area contributed by atoms with E-state index < -0.39 is 0 Å². The van der Waals surface area contributed by atoms with Gasteiger partial charge >= 0.3 is 0 Å². The molecule has 0 aliphatic heterocycles. The summed E-state index contributed by atoms with van der Waals surface area (Å²) in [4.78, 5) is 2.33. The van der Waals surface area contributed by atoms with Gasteiger partial charge in [0.05, 0.1) is 6.61 Å². The number of benzene rings is 2. The molecule has 2 rings (SSSR count). The molecule has 0 fully saturated rings. The van der Waals surface area contributed by atoms with Gasteiger partial charge in [0.25, 0.3) is 0 Å². The van der Waals surface area contributed by atoms with Gasteiger partial charge in [0.2, 0.25) is 0 Å². The molecule has 0 saturated carbocycles. The first kappa shape index (κ1) is 16.0. The highest BCUT2D eigenvalue weighted by atomic mass is 16.5. The molecule has 2 aromatic rings. The molecule has 0 heterocycles. The second-order valence-corrected chi connectivity index (χ2v) is 5.69. The van der Waals surface area contributed by atoms with E-state index >= 15 is 0 Å². The van der Waals surface area contributed by atoms with E-state index in [2.05, 4.69) is 66.7 Å². The van der Waals surface area contributed by atoms with Gasteiger partial charge < -0.3 is 10.1 Å². The number of rotatable bonds is 7. The standard InChI is InChI=1S/C18H26N2O/c1-14(13-21-4)20(3)12-18(19-2)17-10-9-15-7-5-6-8-16(15)11-17/h5-11,14,18-19H,12-13H2,1-4H3. The van der Waals surface area contributed by atoms with Crippen molar-refractivity contribution in [3.05, 3.63) is 48.0 Å². The van der Waals surface area contributed by atoms with Gasteiger partial charge in [-0.3, -0.25) is 4.90 Å². The number of nitrogens with one attached hydrogen (secondary N) is 1. The first-order valence-electron chi connectivity index (χ1n) is 7.51. The van der Waals surface area contributed by atoms with Gasteiger partial charge in [-0.05, 0) is 43.4 Å². The minimum atomic E-state index is 0.318. The predicted octanol–water partition coefficient (Wildman–Crippen LogP) is 3.07. The lowest BCUT2D eigenvalue weighted by atomic mass is 10.0. The summed E-state index contributed by atoms with van der Waals surface area (Å²) in [6.45, 7) is 3.90. The van der Waals surface area contributed by atoms with Crippen molar-refractivity contribution in [2.24, 2.45) is 0 Å². The summed E-state index contributed by atoms with van der Waals surface area (Å²) < 4.78 is 5.24. The molecule has 0 aliphatic rings. The van der Waals surface area contributed by atoms with Crippen molar-refractivity contribution < 1.29 is 4.74 Å². The predicted molar refractivity (Wildman–Crippen MR) is 89.7 cm³/mol. The fraction of sp³-hybridized carbons (Fsp3) is 0.444. The average molecular weight is 286 g/mol. The summed E-state index contributed by atoms with van der Waals surface area (Å²) in [5, 5.41) is 6.01. The first-order chi connectivity index (χ1) is 10.2. The van der Waals surface area contributed by atoms with Crippen molar-refractivity contribution in [2.45, 2.75) is 19.0 Å². The second kappa shape index (κ2) is 7.55. The zero-order chi connectivity index (χ0) is 15.2. The molecule has 3 heteroatoms. The lowest BCUT2D eigenvalue weighted by Crippen LogP contribution is -2.38. The molecule has 2 aromatic carbocycles. The molecule has 0 bridgehead atoms. The highest BCUT2D eigenvalue weighted by Gasteiger charge is 2.16. The van der Waals surface area contributed by atoms with E-state index in [4.69, 9.17) is 4.74 Å². The van der Waals surface area contributed by atoms with E-state index in [0.717, 1.165) is 13.2 Å². The van der Waals surface area contributed by atoms with Crippen LogP contribution in [0.5, 0.6) is 0 Å². The van der Waals surface area contributed by atoms with Crippen LogP contribution in [0.25, 0.3) is 10.8 Å². The zero-order valence-corrected chi connectivity index (χ0v) is 13.5. The van der Waals surface area contributed by atoms with Crippen LogP contribution in [0.2, 0.25) is 0 Å². The molecule has 21 heavy (non-hydrogen) atoms. The Hall–Kier alpha value is -1.42. The number of fused-ring (bicyclic) bond motifs is 1. The maximum atomic E-state index is 5.24. The van der Waals surface area contributed by atoms with E-state index in [-0.39, 0.29) is 0 Å². The SMILES string of the molecule is CNC(CN(C)C(C)COC)c1ccc2ccccc2c1. The lowest BCUT2D eigenvalue weighted by Gasteiger charge is -2.29. The molecule has 2 unspecified atom stereocenters. The van der Waals surface area contributed by atoms with Crippen LogP contribution in [0.15, 0.2) is 42.5 Å². The van der Waals surface area contributed by atoms with Crippen LogP contribution in [0.4, 0.5) is 0 Å². The molecule has 0 radical (unpaired) electrons. The Bertz CT molecular complexity index is 570. The van der Waals surface area contributed by atoms with Crippen LogP contribution in [0, 0.1) is 0 Å². The third-order valence-electron chi connectivity index (χ3n) is 4.16. The van der Waals surface area contributed by atoms with Crippen LogP contribution in [0.1, 0.15) is 18.5 Å². The second-order valence-electron chi connectivity index (χ2n) is 5.69. The molecule has 0 aromatic heterocycles. The van der Waals surface area contributed by atoms with Gasteiger partial charge in [-0.15, -0.1) is 0 Å². The molecule has 0 spiro atoms. The summed E-state index contributed by atoms with van der Waals surface area (Å²) in [5.74, 6) is 0. The maximum Gasteiger partial charge on any atom is 0.0615 e. The molecule has 0 amide bonds. The largest absolute Gasteiger partial charge is 0.383 e. The molecule has 114 valence electrons. The summed E-state index contributed by atoms with van der Waals surface area (Å²) in [6.07, 6.45) is 0. The molecule has 0 saturated heterocycles. The van der Waals surface area contributed by atoms with Crippen molar-refractivity contribution in [3.8, 4) is 0 Å². The van der Waals surface area contributed by atoms with E-state index in [0.29, 0.717) is 12.1 Å². The van der Waals surface area contributed by atoms with Crippen LogP contribution in [-0.2, 0) is 4.74 Å². The van der Waals surface area contributed by atoms with Crippen LogP contribution in [-0.4, -0.2) is 45.3 Å². The van der Waals surface area contributed by atoms with Crippen molar-refractivity contribution >= 4 is 10.8 Å². The zero-order valence-electron chi connectivity index (χ0n) is 13.5. The number of hydrogen-bond acceptors (Lipinski definition) is 3. The summed E-state index contributed by atoms with van der Waals surface area (Å²) >= 11 is 0. The van der Waals surface area contributed by atoms with Gasteiger partial charge in [-0.25, -0.2) is 0 Å². The molecule has 2 atom stereocenters. The van der Waals surface area contributed by atoms with E-state index in [1.807, 2.05) is 7.05 Å². The summed E-state index contributed by atoms with van der Waals surface area (Å²) in [5.41, 5.74) is 1.33. The Morgan fingerprint density at radius 1 is 1.14 bits per heavy atom. The number of hydrogen-bond donors (Lipinski definition) is 1. The average Bonchev–Trinajstić information content (AvgIpc) is 2.52. The minimum absolute atomic E-state index is 0.318. The van der Waals surface area contributed by atoms with Crippen molar-refractivity contribution in [1.29, 1.82) is 0 Å². The number of ether oxygens (including phenoxy) is 1. The number of likely N-dealkylation sites (N-methyl/N-ethyl adjacent to an activating group) is 2. The Labute approximate surface area is 127 Å². The quantitative estimate of drug-likeness (QED) is 0.846. The Morgan fingerprint density at radius 3 is 2.52 bits per heavy atom. The fourth-order valence-corrected chi connectivity index (χ4v) is 2.62. The fourth-order valence-electron chi connectivity index (χ4n) is 2.62. The molecule has 1 N–H and O–H groups in total. The van der Waals surface area contributed by atoms with Crippen LogP contribution < -0.4 is 5.32 Å². The van der Waals surface area contributed by atoms with Gasteiger partial charge in [-0.1, -0.05) is 36.4 Å². The number of methoxy groups -OCH3 is 1. The minimum Gasteiger partial charge on any atom is -0.383 e. The van der Waals surface area contributed by atoms with Gasteiger partial charge in [-0.2, -0.15) is 0 Å². The lowest BCUT2D eigenvalue weighted by molar-refractivity contribution is 0.110. The van der Waals surface area contributed by atoms with Gasteiger partial charge in [0.1, 0.15) is 0 Å². The molecular weight excluding hydrogens is 260 g/mol. The van der Waals surface area contributed by atoms with Gasteiger partial charge in [0.15, 0.2) is 0 Å². The molecular formula is C18H26N2O. The highest BCUT2D eigenvalue weighted by Crippen LogP contribution is 2.21. The van der Waals surface area contributed by atoms with E-state index in [1.165, 1.54) is 16.3 Å². The first-order valence-corrected chi connectivity index (χ1v) is 7.51. The van der Waals surface area contributed by atoms with Crippen molar-refractivity contribution in [3.63, 3.8) is 0 Å². The Morgan fingerprint density at radius 2 is 1.86 bits per heavy atom. The van der Waals surface area contributed by atoms with Gasteiger partial charge in [0, 0.05) is 25.7 Å². The maximum absolute atomic E-state index is 5.24. The molecule has 0 aliphatic carbocycles. The number of nitrogens with zero attached hydrogens (tertiary/aromatic N) is 1. The third kappa shape index (κ3) is 4.03. The Balaban J connectivity index is 2.15. The van der Waals surface area contributed by atoms with Crippen molar-refractivity contribution in [2.75, 3.05) is 34.4 Å². The summed E-state index contributed by atoms with van der Waals surface area (Å²) in [6, 6.07) is 15.9. The van der Waals surface area contributed by atoms with E-state index in [9.17, 15) is 0 Å². The highest BCUT2D eigenvalue weighted by molar-refractivity contribution is 5.83. The Kier molecular flexibility index (Phi) is 5.74. The van der Waals surface area contributed by atoms with Crippen LogP contribution in [0.3, 0.4) is 0 Å². The smallest absolute Gasteiger partial charge is 0.0615 e. The molecule has 3 nitrogen and oxygen atoms in total. The monoisotopic (exact) mass is 286 g/mol. The van der Waals surface area contributed by atoms with E-state index in [1.54, 1.807) is 7.11 Å². The summed E-state index contributed by atoms with van der Waals surface area (Å²) in [7, 11) is 5.92. The topological polar surface area (TPSA) is 24.5 Å². The van der Waals surface area contributed by atoms with Crippen LogP contribution >= 0.6 is 0 Å². The normalized spacial score (nSPS) is 14.5. The third-order valence-corrected chi connectivity index (χ3v) is 4.16.